The smallest absolute Gasteiger partial charge is 0.293 e. The second-order valence-corrected chi connectivity index (χ2v) is 3.56. The molecule has 0 saturated carbocycles. The van der Waals surface area contributed by atoms with Crippen LogP contribution in [0.3, 0.4) is 0 Å². The molecule has 2 aromatic rings. The fraction of sp³-hybridized carbons (Fsp3) is 0.0909. The highest BCUT2D eigenvalue weighted by atomic mass is 35.5. The molecule has 0 unspecified atom stereocenters. The molecule has 1 aromatic carbocycles. The summed E-state index contributed by atoms with van der Waals surface area (Å²) in [5.74, 6) is -0.107. The molecule has 0 radical (unpaired) electrons. The molecule has 0 saturated heterocycles. The first-order valence-electron chi connectivity index (χ1n) is 4.52. The van der Waals surface area contributed by atoms with E-state index in [0.29, 0.717) is 11.1 Å². The lowest BCUT2D eigenvalue weighted by molar-refractivity contribution is -0.108. The van der Waals surface area contributed by atoms with E-state index in [1.54, 1.807) is 18.2 Å². The molecule has 5 heteroatoms. The number of aromatic amines is 1. The van der Waals surface area contributed by atoms with Gasteiger partial charge in [-0.2, -0.15) is 0 Å². The Labute approximate surface area is 96.2 Å². The van der Waals surface area contributed by atoms with Crippen molar-refractivity contribution >= 4 is 33.5 Å². The van der Waals surface area contributed by atoms with Crippen molar-refractivity contribution in [3.05, 3.63) is 30.0 Å². The van der Waals surface area contributed by atoms with Gasteiger partial charge in [-0.25, -0.2) is 0 Å². The quantitative estimate of drug-likeness (QED) is 0.505. The molecule has 0 fully saturated rings. The Morgan fingerprint density at radius 2 is 2.12 bits per heavy atom. The molecule has 0 aliphatic rings. The molecule has 82 valence electrons. The summed E-state index contributed by atoms with van der Waals surface area (Å²) in [4.78, 5) is 25.2. The molecule has 1 N–H and O–H groups in total. The molecule has 4 nitrogen and oxygen atoms in total. The number of hydrogen-bond acceptors (Lipinski definition) is 3. The van der Waals surface area contributed by atoms with Gasteiger partial charge < -0.3 is 9.72 Å². The van der Waals surface area contributed by atoms with Crippen LogP contribution in [0.2, 0.25) is 0 Å². The van der Waals surface area contributed by atoms with Gasteiger partial charge in [0, 0.05) is 17.1 Å². The van der Waals surface area contributed by atoms with Crippen molar-refractivity contribution in [2.45, 2.75) is 0 Å². The number of ether oxygens (including phenoxy) is 1. The van der Waals surface area contributed by atoms with E-state index in [4.69, 9.17) is 16.3 Å². The van der Waals surface area contributed by atoms with Gasteiger partial charge in [0.05, 0.1) is 12.7 Å². The molecule has 0 aliphatic heterocycles. The van der Waals surface area contributed by atoms with Crippen molar-refractivity contribution in [1.82, 2.24) is 4.98 Å². The van der Waals surface area contributed by atoms with Crippen LogP contribution in [0.4, 0.5) is 0 Å². The van der Waals surface area contributed by atoms with Crippen LogP contribution < -0.4 is 4.74 Å². The lowest BCUT2D eigenvalue weighted by Crippen LogP contribution is -2.06. The van der Waals surface area contributed by atoms with Crippen molar-refractivity contribution in [2.24, 2.45) is 0 Å². The van der Waals surface area contributed by atoms with Crippen molar-refractivity contribution in [1.29, 1.82) is 0 Å². The van der Waals surface area contributed by atoms with Gasteiger partial charge in [0.2, 0.25) is 5.78 Å². The normalized spacial score (nSPS) is 10.4. The van der Waals surface area contributed by atoms with Gasteiger partial charge >= 0.3 is 0 Å². The Balaban J connectivity index is 2.62. The third kappa shape index (κ3) is 1.67. The highest BCUT2D eigenvalue weighted by Crippen LogP contribution is 2.24. The SMILES string of the molecule is COc1ccc2[nH]cc(C(=O)C(=O)Cl)c2c1. The van der Waals surface area contributed by atoms with Crippen LogP contribution in [0.15, 0.2) is 24.4 Å². The van der Waals surface area contributed by atoms with Gasteiger partial charge in [-0.05, 0) is 29.8 Å². The monoisotopic (exact) mass is 237 g/mol. The van der Waals surface area contributed by atoms with Gasteiger partial charge in [0.25, 0.3) is 5.24 Å². The van der Waals surface area contributed by atoms with Crippen LogP contribution in [0.1, 0.15) is 10.4 Å². The number of hydrogen-bond donors (Lipinski definition) is 1. The maximum absolute atomic E-state index is 11.5. The third-order valence-corrected chi connectivity index (χ3v) is 2.48. The van der Waals surface area contributed by atoms with Gasteiger partial charge in [-0.15, -0.1) is 0 Å². The number of carbonyl (C=O) groups is 2. The molecule has 2 rings (SSSR count). The van der Waals surface area contributed by atoms with E-state index in [-0.39, 0.29) is 5.56 Å². The molecule has 0 amide bonds. The molecule has 0 aliphatic carbocycles. The summed E-state index contributed by atoms with van der Waals surface area (Å²) in [5.41, 5.74) is 1.01. The molecule has 16 heavy (non-hydrogen) atoms. The second-order valence-electron chi connectivity index (χ2n) is 3.22. The van der Waals surface area contributed by atoms with E-state index in [2.05, 4.69) is 4.98 Å². The largest absolute Gasteiger partial charge is 0.497 e. The third-order valence-electron chi connectivity index (χ3n) is 2.31. The van der Waals surface area contributed by atoms with Gasteiger partial charge in [-0.1, -0.05) is 0 Å². The van der Waals surface area contributed by atoms with E-state index in [0.717, 1.165) is 5.52 Å². The number of halogens is 1. The van der Waals surface area contributed by atoms with Crippen LogP contribution in [0.25, 0.3) is 10.9 Å². The Morgan fingerprint density at radius 1 is 1.38 bits per heavy atom. The Hall–Kier alpha value is -1.81. The number of nitrogens with one attached hydrogen (secondary N) is 1. The summed E-state index contributed by atoms with van der Waals surface area (Å²) >= 11 is 5.16. The highest BCUT2D eigenvalue weighted by Gasteiger charge is 2.17. The highest BCUT2D eigenvalue weighted by molar-refractivity contribution is 6.83. The molecule has 0 bridgehead atoms. The summed E-state index contributed by atoms with van der Waals surface area (Å²) in [6.07, 6.45) is 1.46. The standard InChI is InChI=1S/C11H8ClNO3/c1-16-6-2-3-9-7(4-6)8(5-13-9)10(14)11(12)15/h2-5,13H,1H3. The van der Waals surface area contributed by atoms with E-state index in [1.165, 1.54) is 13.3 Å². The van der Waals surface area contributed by atoms with E-state index >= 15 is 0 Å². The number of benzene rings is 1. The summed E-state index contributed by atoms with van der Waals surface area (Å²) in [5, 5.41) is -0.373. The van der Waals surface area contributed by atoms with Crippen molar-refractivity contribution in [3.63, 3.8) is 0 Å². The van der Waals surface area contributed by atoms with Crippen LogP contribution in [0, 0.1) is 0 Å². The zero-order valence-corrected chi connectivity index (χ0v) is 9.17. The van der Waals surface area contributed by atoms with Crippen LogP contribution in [-0.2, 0) is 4.79 Å². The maximum atomic E-state index is 11.5. The van der Waals surface area contributed by atoms with Crippen molar-refractivity contribution < 1.29 is 14.3 Å². The number of aromatic nitrogens is 1. The molecule has 1 aromatic heterocycles. The number of rotatable bonds is 3. The van der Waals surface area contributed by atoms with Crippen LogP contribution >= 0.6 is 11.6 Å². The number of ketones is 1. The number of H-pyrrole nitrogens is 1. The fourth-order valence-electron chi connectivity index (χ4n) is 1.52. The van der Waals surface area contributed by atoms with E-state index in [1.807, 2.05) is 0 Å². The second kappa shape index (κ2) is 3.98. The topological polar surface area (TPSA) is 59.2 Å². The Kier molecular flexibility index (Phi) is 2.66. The zero-order valence-electron chi connectivity index (χ0n) is 8.41. The first kappa shape index (κ1) is 10.7. The van der Waals surface area contributed by atoms with Gasteiger partial charge in [0.15, 0.2) is 0 Å². The Morgan fingerprint density at radius 3 is 2.75 bits per heavy atom. The fourth-order valence-corrected chi connectivity index (χ4v) is 1.62. The Bertz CT molecular complexity index is 574. The number of methoxy groups -OCH3 is 1. The predicted octanol–water partition coefficient (Wildman–Crippen LogP) is 2.12. The summed E-state index contributed by atoms with van der Waals surface area (Å²) < 4.78 is 5.04. The van der Waals surface area contributed by atoms with Crippen LogP contribution in [0.5, 0.6) is 5.75 Å². The lowest BCUT2D eigenvalue weighted by Gasteiger charge is -1.99. The first-order valence-corrected chi connectivity index (χ1v) is 4.90. The molecule has 0 atom stereocenters. The maximum Gasteiger partial charge on any atom is 0.293 e. The number of fused-ring (bicyclic) bond motifs is 1. The molecular formula is C11H8ClNO3. The minimum atomic E-state index is -0.997. The average Bonchev–Trinajstić information content (AvgIpc) is 2.70. The number of carbonyl (C=O) groups excluding carboxylic acids is 2. The molecule has 0 spiro atoms. The van der Waals surface area contributed by atoms with E-state index in [9.17, 15) is 9.59 Å². The molecular weight excluding hydrogens is 230 g/mol. The average molecular weight is 238 g/mol. The summed E-state index contributed by atoms with van der Waals surface area (Å²) in [6, 6.07) is 5.21. The predicted molar refractivity (Wildman–Crippen MR) is 60.0 cm³/mol. The lowest BCUT2D eigenvalue weighted by atomic mass is 10.1. The van der Waals surface area contributed by atoms with Crippen molar-refractivity contribution in [2.75, 3.05) is 7.11 Å². The van der Waals surface area contributed by atoms with Crippen LogP contribution in [-0.4, -0.2) is 23.1 Å². The van der Waals surface area contributed by atoms with Gasteiger partial charge in [-0.3, -0.25) is 9.59 Å². The minimum absolute atomic E-state index is 0.258. The summed E-state index contributed by atoms with van der Waals surface area (Å²) in [6.45, 7) is 0. The molecule has 1 heterocycles. The minimum Gasteiger partial charge on any atom is -0.497 e. The summed E-state index contributed by atoms with van der Waals surface area (Å²) in [7, 11) is 1.53. The number of Topliss-reactive ketones (excluding diaryl/α,β-unsaturated/α-hetero) is 1. The van der Waals surface area contributed by atoms with Crippen molar-refractivity contribution in [3.8, 4) is 5.75 Å². The van der Waals surface area contributed by atoms with Gasteiger partial charge in [0.1, 0.15) is 5.75 Å². The zero-order chi connectivity index (χ0) is 11.7. The first-order chi connectivity index (χ1) is 7.63. The van der Waals surface area contributed by atoms with E-state index < -0.39 is 11.0 Å².